The van der Waals surface area contributed by atoms with E-state index in [0.717, 1.165) is 15.5 Å². The maximum absolute atomic E-state index is 12.9. The number of ether oxygens (including phenoxy) is 2. The number of para-hydroxylation sites is 2. The van der Waals surface area contributed by atoms with E-state index in [2.05, 4.69) is 20.9 Å². The van der Waals surface area contributed by atoms with Crippen LogP contribution in [-0.4, -0.2) is 28.6 Å². The molecule has 0 bridgehead atoms. The molecule has 28 heavy (non-hydrogen) atoms. The normalized spacial score (nSPS) is 12.0. The lowest BCUT2D eigenvalue weighted by molar-refractivity contribution is -0.145. The predicted molar refractivity (Wildman–Crippen MR) is 112 cm³/mol. The van der Waals surface area contributed by atoms with Gasteiger partial charge in [-0.25, -0.2) is 14.2 Å². The number of halogens is 1. The maximum Gasteiger partial charge on any atom is 0.344 e. The highest BCUT2D eigenvalue weighted by atomic mass is 79.9. The molecule has 0 atom stereocenters. The molecule has 0 spiro atoms. The average Bonchev–Trinajstić information content (AvgIpc) is 3.18. The molecule has 0 saturated heterocycles. The van der Waals surface area contributed by atoms with E-state index in [1.807, 2.05) is 36.4 Å². The molecule has 2 aromatic heterocycles. The second kappa shape index (κ2) is 7.73. The van der Waals surface area contributed by atoms with Crippen molar-refractivity contribution in [1.29, 1.82) is 0 Å². The van der Waals surface area contributed by atoms with Crippen LogP contribution in [-0.2, 0) is 9.53 Å². The second-order valence-electron chi connectivity index (χ2n) is 5.91. The Morgan fingerprint density at radius 3 is 2.93 bits per heavy atom. The summed E-state index contributed by atoms with van der Waals surface area (Å²) >= 11 is 4.75. The van der Waals surface area contributed by atoms with Crippen LogP contribution in [0.4, 0.5) is 0 Å². The summed E-state index contributed by atoms with van der Waals surface area (Å²) in [7, 11) is 0. The summed E-state index contributed by atoms with van der Waals surface area (Å²) in [5, 5.41) is 0. The van der Waals surface area contributed by atoms with Gasteiger partial charge in [-0.3, -0.25) is 4.79 Å². The van der Waals surface area contributed by atoms with Gasteiger partial charge in [0.05, 0.1) is 22.2 Å². The van der Waals surface area contributed by atoms with Gasteiger partial charge >= 0.3 is 5.97 Å². The van der Waals surface area contributed by atoms with Crippen LogP contribution in [0.15, 0.2) is 51.7 Å². The molecule has 2 heterocycles. The van der Waals surface area contributed by atoms with Gasteiger partial charge in [-0.15, -0.1) is 0 Å². The molecule has 4 aromatic rings. The van der Waals surface area contributed by atoms with Crippen molar-refractivity contribution in [2.75, 3.05) is 13.2 Å². The first kappa shape index (κ1) is 18.6. The smallest absolute Gasteiger partial charge is 0.344 e. The van der Waals surface area contributed by atoms with E-state index in [-0.39, 0.29) is 12.2 Å². The summed E-state index contributed by atoms with van der Waals surface area (Å²) in [6.07, 6.45) is 1.75. The lowest BCUT2D eigenvalue weighted by Gasteiger charge is -2.09. The minimum Gasteiger partial charge on any atom is -0.481 e. The lowest BCUT2D eigenvalue weighted by Crippen LogP contribution is -2.22. The highest BCUT2D eigenvalue weighted by molar-refractivity contribution is 9.10. The number of hydrogen-bond acceptors (Lipinski definition) is 6. The van der Waals surface area contributed by atoms with Gasteiger partial charge in [0.2, 0.25) is 0 Å². The lowest BCUT2D eigenvalue weighted by atomic mass is 10.2. The molecule has 6 nitrogen and oxygen atoms in total. The first-order valence-corrected chi connectivity index (χ1v) is 10.2. The maximum atomic E-state index is 12.9. The van der Waals surface area contributed by atoms with E-state index in [1.54, 1.807) is 23.5 Å². The van der Waals surface area contributed by atoms with Crippen LogP contribution in [0.3, 0.4) is 0 Å². The van der Waals surface area contributed by atoms with Crippen LogP contribution < -0.4 is 14.8 Å². The number of rotatable bonds is 5. The number of benzene rings is 2. The number of hydrogen-bond donors (Lipinski definition) is 0. The van der Waals surface area contributed by atoms with Crippen molar-refractivity contribution in [3.63, 3.8) is 0 Å². The quantitative estimate of drug-likeness (QED) is 0.429. The second-order valence-corrected chi connectivity index (χ2v) is 7.83. The van der Waals surface area contributed by atoms with Gasteiger partial charge in [-0.1, -0.05) is 39.4 Å². The standard InChI is InChI=1S/C20H15BrN2O4S/c1-2-26-18(24)11-27-16-8-7-13(21)9-12(16)10-17-19(25)23-15-6-4-3-5-14(15)22-20(23)28-17/h3-10H,2,11H2,1H3. The third-order valence-electron chi connectivity index (χ3n) is 4.05. The number of esters is 1. The third-order valence-corrected chi connectivity index (χ3v) is 5.52. The van der Waals surface area contributed by atoms with Gasteiger partial charge in [0.25, 0.3) is 5.56 Å². The van der Waals surface area contributed by atoms with E-state index in [1.165, 1.54) is 11.3 Å². The average molecular weight is 459 g/mol. The van der Waals surface area contributed by atoms with Crippen molar-refractivity contribution in [2.45, 2.75) is 6.92 Å². The topological polar surface area (TPSA) is 69.9 Å². The van der Waals surface area contributed by atoms with Gasteiger partial charge in [-0.2, -0.15) is 0 Å². The number of nitrogens with zero attached hydrogens (tertiary/aromatic N) is 2. The first-order chi connectivity index (χ1) is 13.6. The van der Waals surface area contributed by atoms with Crippen molar-refractivity contribution >= 4 is 55.3 Å². The molecule has 0 unspecified atom stereocenters. The summed E-state index contributed by atoms with van der Waals surface area (Å²) in [6, 6.07) is 12.9. The zero-order valence-electron chi connectivity index (χ0n) is 14.8. The van der Waals surface area contributed by atoms with Crippen LogP contribution in [0.5, 0.6) is 5.75 Å². The molecule has 0 aliphatic carbocycles. The molecule has 8 heteroatoms. The van der Waals surface area contributed by atoms with Gasteiger partial charge in [0, 0.05) is 10.0 Å². The molecule has 0 N–H and O–H groups in total. The van der Waals surface area contributed by atoms with Crippen molar-refractivity contribution in [3.05, 3.63) is 67.4 Å². The third kappa shape index (κ3) is 3.53. The molecule has 0 saturated carbocycles. The van der Waals surface area contributed by atoms with Gasteiger partial charge in [0.1, 0.15) is 5.75 Å². The minimum absolute atomic E-state index is 0.134. The number of aromatic nitrogens is 2. The molecule has 4 rings (SSSR count). The Hall–Kier alpha value is -2.71. The SMILES string of the molecule is CCOC(=O)COc1ccc(Br)cc1C=c1sc2nc3ccccc3n2c1=O. The molecule has 0 amide bonds. The molecular formula is C20H15BrN2O4S. The monoisotopic (exact) mass is 458 g/mol. The molecule has 0 aliphatic rings. The molecule has 2 aromatic carbocycles. The highest BCUT2D eigenvalue weighted by Crippen LogP contribution is 2.24. The fraction of sp³-hybridized carbons (Fsp3) is 0.150. The van der Waals surface area contributed by atoms with E-state index in [4.69, 9.17) is 9.47 Å². The van der Waals surface area contributed by atoms with Crippen molar-refractivity contribution in [2.24, 2.45) is 0 Å². The Labute approximate surface area is 172 Å². The van der Waals surface area contributed by atoms with Crippen molar-refractivity contribution in [1.82, 2.24) is 9.38 Å². The number of fused-ring (bicyclic) bond motifs is 3. The van der Waals surface area contributed by atoms with Gasteiger partial charge in [-0.05, 0) is 43.3 Å². The van der Waals surface area contributed by atoms with E-state index in [9.17, 15) is 9.59 Å². The van der Waals surface area contributed by atoms with Crippen LogP contribution in [0.25, 0.3) is 22.1 Å². The summed E-state index contributed by atoms with van der Waals surface area (Å²) in [6.45, 7) is 1.84. The fourth-order valence-electron chi connectivity index (χ4n) is 2.86. The van der Waals surface area contributed by atoms with Crippen molar-refractivity contribution in [3.8, 4) is 5.75 Å². The highest BCUT2D eigenvalue weighted by Gasteiger charge is 2.12. The summed E-state index contributed by atoms with van der Waals surface area (Å²) in [4.78, 5) is 29.7. The fourth-order valence-corrected chi connectivity index (χ4v) is 4.21. The molecule has 142 valence electrons. The Morgan fingerprint density at radius 2 is 2.11 bits per heavy atom. The van der Waals surface area contributed by atoms with Crippen molar-refractivity contribution < 1.29 is 14.3 Å². The van der Waals surface area contributed by atoms with Crippen LogP contribution >= 0.6 is 27.3 Å². The van der Waals surface area contributed by atoms with E-state index in [0.29, 0.717) is 27.4 Å². The zero-order valence-corrected chi connectivity index (χ0v) is 17.2. The van der Waals surface area contributed by atoms with E-state index < -0.39 is 5.97 Å². The largest absolute Gasteiger partial charge is 0.481 e. The predicted octanol–water partition coefficient (Wildman–Crippen LogP) is 3.16. The minimum atomic E-state index is -0.443. The zero-order chi connectivity index (χ0) is 19.7. The summed E-state index contributed by atoms with van der Waals surface area (Å²) in [5.41, 5.74) is 2.12. The number of imidazole rings is 1. The summed E-state index contributed by atoms with van der Waals surface area (Å²) < 4.78 is 13.5. The van der Waals surface area contributed by atoms with Crippen LogP contribution in [0, 0.1) is 0 Å². The van der Waals surface area contributed by atoms with Crippen LogP contribution in [0.2, 0.25) is 0 Å². The Bertz CT molecular complexity index is 1300. The molecular weight excluding hydrogens is 444 g/mol. The van der Waals surface area contributed by atoms with Gasteiger partial charge in [0.15, 0.2) is 11.6 Å². The number of carbonyl (C=O) groups is 1. The number of thiazole rings is 1. The first-order valence-electron chi connectivity index (χ1n) is 8.56. The molecule has 0 fully saturated rings. The van der Waals surface area contributed by atoms with Gasteiger partial charge < -0.3 is 9.47 Å². The molecule has 0 radical (unpaired) electrons. The Morgan fingerprint density at radius 1 is 1.29 bits per heavy atom. The van der Waals surface area contributed by atoms with E-state index >= 15 is 0 Å². The van der Waals surface area contributed by atoms with Crippen LogP contribution in [0.1, 0.15) is 12.5 Å². The molecule has 0 aliphatic heterocycles. The Balaban J connectivity index is 1.78. The summed E-state index contributed by atoms with van der Waals surface area (Å²) in [5.74, 6) is 0.0495. The Kier molecular flexibility index (Phi) is 5.15. The number of carbonyl (C=O) groups excluding carboxylic acids is 1.